The second kappa shape index (κ2) is 12.2. The fourth-order valence-electron chi connectivity index (χ4n) is 7.67. The van der Waals surface area contributed by atoms with Crippen LogP contribution in [0.5, 0.6) is 0 Å². The van der Waals surface area contributed by atoms with E-state index in [0.29, 0.717) is 0 Å². The minimum atomic E-state index is 1.09. The number of hydrogen-bond donors (Lipinski definition) is 0. The van der Waals surface area contributed by atoms with Crippen LogP contribution in [0.25, 0.3) is 52.5 Å². The highest BCUT2D eigenvalue weighted by molar-refractivity contribution is 7.27. The summed E-state index contributed by atoms with van der Waals surface area (Å²) in [4.78, 5) is 4.74. The van der Waals surface area contributed by atoms with Crippen molar-refractivity contribution in [1.82, 2.24) is 0 Å². The molecule has 0 aliphatic heterocycles. The normalized spacial score (nSPS) is 11.5. The molecule has 0 aliphatic carbocycles. The zero-order chi connectivity index (χ0) is 33.7. The molecule has 0 bridgehead atoms. The lowest BCUT2D eigenvalue weighted by Gasteiger charge is -2.29. The van der Waals surface area contributed by atoms with Gasteiger partial charge in [-0.05, 0) is 99.7 Å². The second-order valence-electron chi connectivity index (χ2n) is 13.0. The number of hydrogen-bond acceptors (Lipinski definition) is 3. The zero-order valence-corrected chi connectivity index (χ0v) is 28.6. The maximum Gasteiger partial charge on any atom is 0.0482 e. The molecule has 1 heterocycles. The molecule has 0 saturated carbocycles. The van der Waals surface area contributed by atoms with E-state index in [1.807, 2.05) is 11.3 Å². The highest BCUT2D eigenvalue weighted by atomic mass is 32.1. The van der Waals surface area contributed by atoms with Crippen LogP contribution >= 0.6 is 11.3 Å². The smallest absolute Gasteiger partial charge is 0.0482 e. The molecule has 240 valence electrons. The zero-order valence-electron chi connectivity index (χ0n) is 27.8. The second-order valence-corrected chi connectivity index (χ2v) is 14.0. The van der Waals surface area contributed by atoms with Gasteiger partial charge in [0.2, 0.25) is 0 Å². The summed E-state index contributed by atoms with van der Waals surface area (Å²) in [7, 11) is 0. The summed E-state index contributed by atoms with van der Waals surface area (Å²) >= 11 is 1.90. The highest BCUT2D eigenvalue weighted by Gasteiger charge is 2.20. The fraction of sp³-hybridized carbons (Fsp3) is 0. The third kappa shape index (κ3) is 5.01. The lowest BCUT2D eigenvalue weighted by Crippen LogP contribution is -2.13. The van der Waals surface area contributed by atoms with Crippen LogP contribution in [0.3, 0.4) is 0 Å². The van der Waals surface area contributed by atoms with E-state index in [-0.39, 0.29) is 0 Å². The van der Waals surface area contributed by atoms with Crippen molar-refractivity contribution in [3.05, 3.63) is 194 Å². The fourth-order valence-corrected chi connectivity index (χ4v) is 8.92. The molecular formula is C48H32N2S. The molecule has 0 N–H and O–H groups in total. The standard InChI is InChI=1S/C48H32N2S/c1-3-16-35(17-4-1)49(36-18-5-2-6-19-36)37-20-13-21-38(31-37)50(39-27-26-33-14-7-8-15-34(33)30-39)40-28-29-42-41-22-9-10-23-43(41)47-44-24-11-12-25-46(44)51-48(47)45(42)32-40/h1-32H. The first-order valence-electron chi connectivity index (χ1n) is 17.4. The number of para-hydroxylation sites is 2. The minimum absolute atomic E-state index is 1.09. The van der Waals surface area contributed by atoms with E-state index in [0.717, 1.165) is 34.1 Å². The Balaban J connectivity index is 1.23. The van der Waals surface area contributed by atoms with Crippen molar-refractivity contribution in [2.45, 2.75) is 0 Å². The van der Waals surface area contributed by atoms with Gasteiger partial charge in [-0.15, -0.1) is 11.3 Å². The third-order valence-electron chi connectivity index (χ3n) is 9.95. The molecule has 3 heteroatoms. The Morgan fingerprint density at radius 1 is 0.294 bits per heavy atom. The summed E-state index contributed by atoms with van der Waals surface area (Å²) in [5.74, 6) is 0. The van der Waals surface area contributed by atoms with Gasteiger partial charge in [-0.3, -0.25) is 0 Å². The minimum Gasteiger partial charge on any atom is -0.310 e. The van der Waals surface area contributed by atoms with E-state index in [4.69, 9.17) is 0 Å². The molecule has 10 rings (SSSR count). The first-order valence-corrected chi connectivity index (χ1v) is 18.2. The SMILES string of the molecule is c1ccc(N(c2ccccc2)c2cccc(N(c3ccc4ccccc4c3)c3ccc4c5ccccc5c5c6ccccc6sc5c4c3)c2)cc1. The molecule has 0 atom stereocenters. The number of rotatable bonds is 6. The molecule has 2 nitrogen and oxygen atoms in total. The van der Waals surface area contributed by atoms with Gasteiger partial charge in [-0.2, -0.15) is 0 Å². The van der Waals surface area contributed by atoms with Gasteiger partial charge in [0.1, 0.15) is 0 Å². The van der Waals surface area contributed by atoms with Crippen LogP contribution in [0.1, 0.15) is 0 Å². The lowest BCUT2D eigenvalue weighted by atomic mass is 9.96. The number of fused-ring (bicyclic) bond motifs is 9. The van der Waals surface area contributed by atoms with E-state index in [9.17, 15) is 0 Å². The van der Waals surface area contributed by atoms with Crippen molar-refractivity contribution in [2.75, 3.05) is 9.80 Å². The van der Waals surface area contributed by atoms with Gasteiger partial charge < -0.3 is 9.80 Å². The highest BCUT2D eigenvalue weighted by Crippen LogP contribution is 2.47. The maximum atomic E-state index is 2.41. The van der Waals surface area contributed by atoms with E-state index < -0.39 is 0 Å². The predicted octanol–water partition coefficient (Wildman–Crippen LogP) is 14.5. The van der Waals surface area contributed by atoms with Gasteiger partial charge in [0.25, 0.3) is 0 Å². The average Bonchev–Trinajstić information content (AvgIpc) is 3.60. The number of benzene rings is 9. The monoisotopic (exact) mass is 668 g/mol. The van der Waals surface area contributed by atoms with Crippen molar-refractivity contribution in [3.8, 4) is 0 Å². The maximum absolute atomic E-state index is 2.41. The molecule has 1 aromatic heterocycles. The van der Waals surface area contributed by atoms with Crippen LogP contribution in [0.2, 0.25) is 0 Å². The van der Waals surface area contributed by atoms with E-state index in [1.165, 1.54) is 52.5 Å². The van der Waals surface area contributed by atoms with Crippen LogP contribution in [0.4, 0.5) is 34.1 Å². The van der Waals surface area contributed by atoms with Crippen molar-refractivity contribution in [3.63, 3.8) is 0 Å². The summed E-state index contributed by atoms with van der Waals surface area (Å²) < 4.78 is 2.65. The third-order valence-corrected chi connectivity index (χ3v) is 11.2. The summed E-state index contributed by atoms with van der Waals surface area (Å²) in [5.41, 5.74) is 6.65. The molecule has 0 radical (unpaired) electrons. The molecule has 51 heavy (non-hydrogen) atoms. The topological polar surface area (TPSA) is 6.48 Å². The van der Waals surface area contributed by atoms with Gasteiger partial charge in [0, 0.05) is 59.7 Å². The molecule has 0 aliphatic rings. The van der Waals surface area contributed by atoms with Crippen LogP contribution in [-0.2, 0) is 0 Å². The van der Waals surface area contributed by atoms with Gasteiger partial charge >= 0.3 is 0 Å². The van der Waals surface area contributed by atoms with Gasteiger partial charge in [0.05, 0.1) is 0 Å². The first kappa shape index (κ1) is 29.5. The number of anilines is 6. The van der Waals surface area contributed by atoms with Crippen LogP contribution in [0.15, 0.2) is 194 Å². The Morgan fingerprint density at radius 3 is 1.55 bits per heavy atom. The largest absolute Gasteiger partial charge is 0.310 e. The van der Waals surface area contributed by atoms with Crippen molar-refractivity contribution < 1.29 is 0 Å². The molecule has 0 spiro atoms. The first-order chi connectivity index (χ1) is 25.3. The van der Waals surface area contributed by atoms with Crippen molar-refractivity contribution >= 4 is 98.0 Å². The summed E-state index contributed by atoms with van der Waals surface area (Å²) in [5, 5.41) is 10.3. The Morgan fingerprint density at radius 2 is 0.804 bits per heavy atom. The lowest BCUT2D eigenvalue weighted by molar-refractivity contribution is 1.25. The Hall–Kier alpha value is -6.42. The van der Waals surface area contributed by atoms with Crippen molar-refractivity contribution in [1.29, 1.82) is 0 Å². The molecule has 0 saturated heterocycles. The summed E-state index contributed by atoms with van der Waals surface area (Å²) in [6.07, 6.45) is 0. The van der Waals surface area contributed by atoms with Crippen LogP contribution < -0.4 is 9.80 Å². The van der Waals surface area contributed by atoms with E-state index >= 15 is 0 Å². The molecule has 0 unspecified atom stereocenters. The summed E-state index contributed by atoms with van der Waals surface area (Å²) in [6, 6.07) is 70.3. The average molecular weight is 669 g/mol. The quantitative estimate of drug-likeness (QED) is 0.163. The Bertz CT molecular complexity index is 2840. The molecule has 10 aromatic rings. The Kier molecular flexibility index (Phi) is 7.04. The van der Waals surface area contributed by atoms with Gasteiger partial charge in [0.15, 0.2) is 0 Å². The number of thiophene rings is 1. The molecular weight excluding hydrogens is 637 g/mol. The summed E-state index contributed by atoms with van der Waals surface area (Å²) in [6.45, 7) is 0. The predicted molar refractivity (Wildman–Crippen MR) is 221 cm³/mol. The van der Waals surface area contributed by atoms with Gasteiger partial charge in [-0.25, -0.2) is 0 Å². The molecule has 0 fully saturated rings. The van der Waals surface area contributed by atoms with Crippen molar-refractivity contribution in [2.24, 2.45) is 0 Å². The van der Waals surface area contributed by atoms with Crippen LogP contribution in [-0.4, -0.2) is 0 Å². The van der Waals surface area contributed by atoms with Gasteiger partial charge in [-0.1, -0.05) is 121 Å². The molecule has 0 amide bonds. The van der Waals surface area contributed by atoms with Crippen LogP contribution in [0, 0.1) is 0 Å². The molecule has 9 aromatic carbocycles. The number of nitrogens with zero attached hydrogens (tertiary/aromatic N) is 2. The van der Waals surface area contributed by atoms with E-state index in [2.05, 4.69) is 204 Å². The van der Waals surface area contributed by atoms with E-state index in [1.54, 1.807) is 0 Å². The Labute approximate surface area is 300 Å².